The quantitative estimate of drug-likeness (QED) is 0.406. The summed E-state index contributed by atoms with van der Waals surface area (Å²) in [6, 6.07) is 0. The zero-order valence-corrected chi connectivity index (χ0v) is 6.24. The molecule has 56 valence electrons. The van der Waals surface area contributed by atoms with Gasteiger partial charge in [-0.25, -0.2) is 0 Å². The summed E-state index contributed by atoms with van der Waals surface area (Å²) >= 11 is 0. The second-order valence-electron chi connectivity index (χ2n) is 2.38. The lowest BCUT2D eigenvalue weighted by Gasteiger charge is -1.99. The first kappa shape index (κ1) is 7.63. The third-order valence-electron chi connectivity index (χ3n) is 1.54. The highest BCUT2D eigenvalue weighted by Crippen LogP contribution is 2.09. The van der Waals surface area contributed by atoms with Crippen LogP contribution in [0.4, 0.5) is 0 Å². The summed E-state index contributed by atoms with van der Waals surface area (Å²) in [6.07, 6.45) is 5.54. The molecule has 0 radical (unpaired) electrons. The molecule has 0 fully saturated rings. The van der Waals surface area contributed by atoms with Crippen LogP contribution in [0.25, 0.3) is 5.53 Å². The lowest BCUT2D eigenvalue weighted by molar-refractivity contribution is -0.113. The van der Waals surface area contributed by atoms with E-state index < -0.39 is 0 Å². The fourth-order valence-electron chi connectivity index (χ4n) is 0.899. The van der Waals surface area contributed by atoms with Crippen molar-refractivity contribution in [3.05, 3.63) is 29.3 Å². The normalized spacial score (nSPS) is 15.7. The zero-order chi connectivity index (χ0) is 8.27. The topological polar surface area (TPSA) is 53.5 Å². The Kier molecular flexibility index (Phi) is 2.14. The summed E-state index contributed by atoms with van der Waals surface area (Å²) in [6.45, 7) is 1.50. The van der Waals surface area contributed by atoms with Gasteiger partial charge in [0.2, 0.25) is 0 Å². The third-order valence-corrected chi connectivity index (χ3v) is 1.54. The predicted octanol–water partition coefficient (Wildman–Crippen LogP) is 1.13. The van der Waals surface area contributed by atoms with Gasteiger partial charge in [-0.15, -0.1) is 0 Å². The highest BCUT2D eigenvalue weighted by Gasteiger charge is 2.13. The molecule has 3 heteroatoms. The molecule has 0 spiro atoms. The van der Waals surface area contributed by atoms with Gasteiger partial charge in [0, 0.05) is 11.6 Å². The number of hydrogen-bond donors (Lipinski definition) is 0. The molecule has 1 aliphatic rings. The van der Waals surface area contributed by atoms with E-state index in [1.165, 1.54) is 6.92 Å². The minimum Gasteiger partial charge on any atom is -0.361 e. The molecule has 3 nitrogen and oxygen atoms in total. The van der Waals surface area contributed by atoms with E-state index in [4.69, 9.17) is 5.53 Å². The smallest absolute Gasteiger partial charge is 0.296 e. The monoisotopic (exact) mass is 148 g/mol. The largest absolute Gasteiger partial charge is 0.361 e. The van der Waals surface area contributed by atoms with Crippen molar-refractivity contribution < 1.29 is 9.58 Å². The number of allylic oxidation sites excluding steroid dienone is 4. The molecule has 0 saturated heterocycles. The first-order valence-electron chi connectivity index (χ1n) is 3.33. The number of carbonyl (C=O) groups excluding carboxylic acids is 1. The molecule has 1 aliphatic carbocycles. The van der Waals surface area contributed by atoms with Crippen LogP contribution >= 0.6 is 0 Å². The van der Waals surface area contributed by atoms with Crippen LogP contribution in [-0.2, 0) is 4.79 Å². The van der Waals surface area contributed by atoms with Crippen molar-refractivity contribution in [1.29, 1.82) is 0 Å². The SMILES string of the molecule is CC(=O)C1=CC=CC(=[N+]=[N-])C1. The molecule has 0 aliphatic heterocycles. The molecular formula is C8H8N2O. The van der Waals surface area contributed by atoms with Crippen molar-refractivity contribution in [3.8, 4) is 0 Å². The van der Waals surface area contributed by atoms with Gasteiger partial charge in [0.05, 0.1) is 6.42 Å². The van der Waals surface area contributed by atoms with Gasteiger partial charge in [0.1, 0.15) is 0 Å². The van der Waals surface area contributed by atoms with Gasteiger partial charge >= 0.3 is 0 Å². The Hall–Kier alpha value is -1.47. The van der Waals surface area contributed by atoms with Crippen LogP contribution in [-0.4, -0.2) is 16.3 Å². The van der Waals surface area contributed by atoms with Gasteiger partial charge in [0.15, 0.2) is 5.78 Å². The molecule has 0 amide bonds. The van der Waals surface area contributed by atoms with Crippen LogP contribution in [0.5, 0.6) is 0 Å². The Balaban J connectivity index is 2.89. The van der Waals surface area contributed by atoms with Crippen molar-refractivity contribution in [2.24, 2.45) is 0 Å². The molecule has 0 unspecified atom stereocenters. The van der Waals surface area contributed by atoms with Crippen LogP contribution in [0.3, 0.4) is 0 Å². The van der Waals surface area contributed by atoms with Crippen molar-refractivity contribution in [2.45, 2.75) is 13.3 Å². The summed E-state index contributed by atoms with van der Waals surface area (Å²) in [5.41, 5.74) is 9.60. The predicted molar refractivity (Wildman–Crippen MR) is 41.1 cm³/mol. The maximum Gasteiger partial charge on any atom is 0.296 e. The number of rotatable bonds is 1. The van der Waals surface area contributed by atoms with Gasteiger partial charge in [-0.3, -0.25) is 4.79 Å². The first-order chi connectivity index (χ1) is 5.24. The van der Waals surface area contributed by atoms with E-state index in [0.717, 1.165) is 0 Å². The molecule has 1 rings (SSSR count). The summed E-state index contributed by atoms with van der Waals surface area (Å²) < 4.78 is 0. The van der Waals surface area contributed by atoms with Gasteiger partial charge in [-0.2, -0.15) is 4.79 Å². The molecule has 0 bridgehead atoms. The van der Waals surface area contributed by atoms with Crippen molar-refractivity contribution in [2.75, 3.05) is 0 Å². The summed E-state index contributed by atoms with van der Waals surface area (Å²) in [4.78, 5) is 13.8. The van der Waals surface area contributed by atoms with E-state index in [1.807, 2.05) is 0 Å². The van der Waals surface area contributed by atoms with Gasteiger partial charge in [-0.05, 0) is 6.92 Å². The fourth-order valence-corrected chi connectivity index (χ4v) is 0.899. The molecule has 0 aromatic carbocycles. The Morgan fingerprint density at radius 1 is 1.73 bits per heavy atom. The third kappa shape index (κ3) is 1.72. The van der Waals surface area contributed by atoms with Crippen LogP contribution < -0.4 is 0 Å². The van der Waals surface area contributed by atoms with Gasteiger partial charge in [-0.1, -0.05) is 12.2 Å². The average molecular weight is 148 g/mol. The molecule has 0 aromatic rings. The van der Waals surface area contributed by atoms with Crippen molar-refractivity contribution in [1.82, 2.24) is 0 Å². The summed E-state index contributed by atoms with van der Waals surface area (Å²) in [7, 11) is 0. The second kappa shape index (κ2) is 3.08. The molecule has 0 saturated carbocycles. The highest BCUT2D eigenvalue weighted by atomic mass is 16.1. The van der Waals surface area contributed by atoms with Crippen molar-refractivity contribution in [3.63, 3.8) is 0 Å². The van der Waals surface area contributed by atoms with Crippen LogP contribution in [0, 0.1) is 0 Å². The minimum absolute atomic E-state index is 0.0236. The highest BCUT2D eigenvalue weighted by molar-refractivity contribution is 6.04. The summed E-state index contributed by atoms with van der Waals surface area (Å²) in [5.74, 6) is 0.0236. The lowest BCUT2D eigenvalue weighted by atomic mass is 10.0. The van der Waals surface area contributed by atoms with Crippen LogP contribution in [0.1, 0.15) is 13.3 Å². The number of carbonyl (C=O) groups is 1. The van der Waals surface area contributed by atoms with E-state index in [1.54, 1.807) is 18.2 Å². The fraction of sp³-hybridized carbons (Fsp3) is 0.250. The molecular weight excluding hydrogens is 140 g/mol. The van der Waals surface area contributed by atoms with Crippen molar-refractivity contribution >= 4 is 11.5 Å². The maximum absolute atomic E-state index is 10.8. The van der Waals surface area contributed by atoms with E-state index in [2.05, 4.69) is 4.79 Å². The lowest BCUT2D eigenvalue weighted by Crippen LogP contribution is -2.07. The van der Waals surface area contributed by atoms with Gasteiger partial charge < -0.3 is 5.53 Å². The molecule has 0 atom stereocenters. The first-order valence-corrected chi connectivity index (χ1v) is 3.33. The standard InChI is InChI=1S/C8H8N2O/c1-6(11)7-3-2-4-8(5-7)10-9/h2-4H,5H2,1H3. The Morgan fingerprint density at radius 2 is 2.45 bits per heavy atom. The average Bonchev–Trinajstić information content (AvgIpc) is 2.05. The zero-order valence-electron chi connectivity index (χ0n) is 6.24. The van der Waals surface area contributed by atoms with E-state index in [0.29, 0.717) is 17.7 Å². The number of ketones is 1. The maximum atomic E-state index is 10.8. The number of nitrogens with zero attached hydrogens (tertiary/aromatic N) is 2. The molecule has 11 heavy (non-hydrogen) atoms. The molecule has 0 N–H and O–H groups in total. The molecule has 0 aromatic heterocycles. The minimum atomic E-state index is 0.0236. The Labute approximate surface area is 64.7 Å². The number of hydrogen-bond acceptors (Lipinski definition) is 1. The van der Waals surface area contributed by atoms with E-state index in [-0.39, 0.29) is 5.78 Å². The Bertz CT molecular complexity index is 293. The van der Waals surface area contributed by atoms with Gasteiger partial charge in [0.25, 0.3) is 5.71 Å². The van der Waals surface area contributed by atoms with E-state index >= 15 is 0 Å². The van der Waals surface area contributed by atoms with E-state index in [9.17, 15) is 4.79 Å². The Morgan fingerprint density at radius 3 is 3.00 bits per heavy atom. The van der Waals surface area contributed by atoms with Crippen LogP contribution in [0.2, 0.25) is 0 Å². The summed E-state index contributed by atoms with van der Waals surface area (Å²) in [5, 5.41) is 0. The second-order valence-corrected chi connectivity index (χ2v) is 2.38. The van der Waals surface area contributed by atoms with Crippen LogP contribution in [0.15, 0.2) is 23.8 Å². The number of Topliss-reactive ketones (excluding diaryl/α,β-unsaturated/α-hetero) is 1. The molecule has 0 heterocycles.